The van der Waals surface area contributed by atoms with E-state index in [9.17, 15) is 19.1 Å². The molecule has 3 atom stereocenters. The van der Waals surface area contributed by atoms with E-state index in [0.717, 1.165) is 16.7 Å². The van der Waals surface area contributed by atoms with Crippen molar-refractivity contribution >= 4 is 11.8 Å². The van der Waals surface area contributed by atoms with E-state index in [1.54, 1.807) is 11.0 Å². The summed E-state index contributed by atoms with van der Waals surface area (Å²) in [5.41, 5.74) is 2.72. The predicted molar refractivity (Wildman–Crippen MR) is 125 cm³/mol. The fraction of sp³-hybridized carbons (Fsp3) is 0.214. The standard InChI is InChI=1S/C28H23FN2O3/c29-23-9-5-4-8-22(23)28(34)30-16-24-27(25(18-32)31(24)26(33)17-30)21-14-12-20(13-15-21)11-10-19-6-2-1-3-7-19/h1-9,12-15,24-25,27,32H,16-18H2/t24-,25+,27-/m0/s1. The van der Waals surface area contributed by atoms with Crippen LogP contribution in [0.4, 0.5) is 4.39 Å². The zero-order chi connectivity index (χ0) is 23.7. The maximum absolute atomic E-state index is 14.2. The number of halogens is 1. The molecule has 0 aliphatic carbocycles. The first-order valence-electron chi connectivity index (χ1n) is 11.2. The van der Waals surface area contributed by atoms with Gasteiger partial charge in [0.1, 0.15) is 12.4 Å². The summed E-state index contributed by atoms with van der Waals surface area (Å²) in [7, 11) is 0. The number of aliphatic hydroxyl groups excluding tert-OH is 1. The van der Waals surface area contributed by atoms with Crippen LogP contribution in [0.15, 0.2) is 78.9 Å². The number of aliphatic hydroxyl groups is 1. The van der Waals surface area contributed by atoms with Crippen LogP contribution in [0.5, 0.6) is 0 Å². The lowest BCUT2D eigenvalue weighted by Gasteiger charge is -2.58. The molecular weight excluding hydrogens is 431 g/mol. The number of piperazine rings is 1. The Kier molecular flexibility index (Phi) is 5.87. The number of rotatable bonds is 3. The van der Waals surface area contributed by atoms with E-state index in [4.69, 9.17) is 0 Å². The summed E-state index contributed by atoms with van der Waals surface area (Å²) in [6.07, 6.45) is 0. The van der Waals surface area contributed by atoms with Crippen LogP contribution in [0.2, 0.25) is 0 Å². The molecule has 5 rings (SSSR count). The van der Waals surface area contributed by atoms with Gasteiger partial charge >= 0.3 is 0 Å². The second kappa shape index (κ2) is 9.12. The van der Waals surface area contributed by atoms with E-state index in [1.165, 1.54) is 23.1 Å². The van der Waals surface area contributed by atoms with Gasteiger partial charge in [0.15, 0.2) is 0 Å². The van der Waals surface area contributed by atoms with Gasteiger partial charge in [-0.05, 0) is 42.0 Å². The number of fused-ring (bicyclic) bond motifs is 1. The minimum absolute atomic E-state index is 0.0420. The number of benzene rings is 3. The van der Waals surface area contributed by atoms with Gasteiger partial charge < -0.3 is 14.9 Å². The number of hydrogen-bond donors (Lipinski definition) is 1. The molecule has 2 fully saturated rings. The Labute approximate surface area is 197 Å². The maximum Gasteiger partial charge on any atom is 0.257 e. The van der Waals surface area contributed by atoms with Crippen molar-refractivity contribution in [2.24, 2.45) is 0 Å². The first-order chi connectivity index (χ1) is 16.6. The van der Waals surface area contributed by atoms with Crippen molar-refractivity contribution < 1.29 is 19.1 Å². The van der Waals surface area contributed by atoms with Gasteiger partial charge in [-0.25, -0.2) is 4.39 Å². The average molecular weight is 455 g/mol. The minimum Gasteiger partial charge on any atom is -0.394 e. The molecule has 2 saturated heterocycles. The molecule has 0 bridgehead atoms. The van der Waals surface area contributed by atoms with E-state index in [1.807, 2.05) is 54.6 Å². The molecule has 170 valence electrons. The molecule has 2 aliphatic rings. The summed E-state index contributed by atoms with van der Waals surface area (Å²) in [5.74, 6) is 4.82. The third kappa shape index (κ3) is 3.95. The van der Waals surface area contributed by atoms with Crippen LogP contribution < -0.4 is 0 Å². The van der Waals surface area contributed by atoms with Crippen LogP contribution in [0.3, 0.4) is 0 Å². The third-order valence-corrected chi connectivity index (χ3v) is 6.56. The molecule has 3 aromatic rings. The van der Waals surface area contributed by atoms with Crippen molar-refractivity contribution in [3.05, 3.63) is 107 Å². The van der Waals surface area contributed by atoms with Gasteiger partial charge in [0, 0.05) is 23.6 Å². The van der Waals surface area contributed by atoms with E-state index in [2.05, 4.69) is 11.8 Å². The molecule has 0 saturated carbocycles. The molecule has 2 aliphatic heterocycles. The highest BCUT2D eigenvalue weighted by molar-refractivity contribution is 5.97. The van der Waals surface area contributed by atoms with Gasteiger partial charge in [0.25, 0.3) is 5.91 Å². The highest BCUT2D eigenvalue weighted by atomic mass is 19.1. The second-order valence-electron chi connectivity index (χ2n) is 8.55. The van der Waals surface area contributed by atoms with Gasteiger partial charge in [-0.3, -0.25) is 9.59 Å². The first-order valence-corrected chi connectivity index (χ1v) is 11.2. The SMILES string of the molecule is O=C(c1ccccc1F)N1CC(=O)N2[C@H](CO)[C@@H](c3ccc(C#Cc4ccccc4)cc3)[C@@H]2C1. The van der Waals surface area contributed by atoms with Crippen LogP contribution in [0.1, 0.15) is 33.0 Å². The summed E-state index contributed by atoms with van der Waals surface area (Å²) in [4.78, 5) is 28.8. The fourth-order valence-electron chi connectivity index (χ4n) is 4.91. The average Bonchev–Trinajstić information content (AvgIpc) is 2.85. The summed E-state index contributed by atoms with van der Waals surface area (Å²) in [5, 5.41) is 9.98. The fourth-order valence-corrected chi connectivity index (χ4v) is 4.91. The Balaban J connectivity index is 1.36. The topological polar surface area (TPSA) is 60.9 Å². The Bertz CT molecular complexity index is 1280. The summed E-state index contributed by atoms with van der Waals surface area (Å²) >= 11 is 0. The predicted octanol–water partition coefficient (Wildman–Crippen LogP) is 3.04. The summed E-state index contributed by atoms with van der Waals surface area (Å²) < 4.78 is 14.2. The van der Waals surface area contributed by atoms with Crippen molar-refractivity contribution in [1.29, 1.82) is 0 Å². The van der Waals surface area contributed by atoms with Gasteiger partial charge in [-0.2, -0.15) is 0 Å². The van der Waals surface area contributed by atoms with Gasteiger partial charge in [0.2, 0.25) is 5.91 Å². The van der Waals surface area contributed by atoms with Crippen LogP contribution in [0, 0.1) is 17.7 Å². The number of hydrogen-bond acceptors (Lipinski definition) is 3. The van der Waals surface area contributed by atoms with Crippen molar-refractivity contribution in [2.75, 3.05) is 19.7 Å². The first kappa shape index (κ1) is 21.9. The molecule has 0 radical (unpaired) electrons. The molecule has 1 N–H and O–H groups in total. The molecule has 0 spiro atoms. The largest absolute Gasteiger partial charge is 0.394 e. The van der Waals surface area contributed by atoms with Crippen LogP contribution >= 0.6 is 0 Å². The molecular formula is C28H23FN2O3. The highest BCUT2D eigenvalue weighted by Gasteiger charge is 2.54. The molecule has 3 aromatic carbocycles. The summed E-state index contributed by atoms with van der Waals surface area (Å²) in [6.45, 7) is 0.000268. The highest BCUT2D eigenvalue weighted by Crippen LogP contribution is 2.43. The zero-order valence-electron chi connectivity index (χ0n) is 18.4. The molecule has 34 heavy (non-hydrogen) atoms. The molecule has 5 nitrogen and oxygen atoms in total. The lowest BCUT2D eigenvalue weighted by molar-refractivity contribution is -0.159. The lowest BCUT2D eigenvalue weighted by atomic mass is 9.73. The minimum atomic E-state index is -0.604. The van der Waals surface area contributed by atoms with E-state index < -0.39 is 11.7 Å². The molecule has 0 unspecified atom stereocenters. The van der Waals surface area contributed by atoms with Gasteiger partial charge in [0.05, 0.1) is 24.3 Å². The van der Waals surface area contributed by atoms with Crippen molar-refractivity contribution in [1.82, 2.24) is 9.80 Å². The Morgan fingerprint density at radius 1 is 0.941 bits per heavy atom. The number of carbonyl (C=O) groups excluding carboxylic acids is 2. The Hall–Kier alpha value is -3.95. The van der Waals surface area contributed by atoms with Gasteiger partial charge in [-0.1, -0.05) is 54.3 Å². The number of amides is 2. The Morgan fingerprint density at radius 3 is 2.26 bits per heavy atom. The zero-order valence-corrected chi connectivity index (χ0v) is 18.4. The molecule has 0 aromatic heterocycles. The lowest BCUT2D eigenvalue weighted by Crippen LogP contribution is -2.73. The van der Waals surface area contributed by atoms with E-state index in [0.29, 0.717) is 0 Å². The normalized spacial score (nSPS) is 21.2. The molecule has 2 heterocycles. The van der Waals surface area contributed by atoms with Crippen LogP contribution in [0.25, 0.3) is 0 Å². The second-order valence-corrected chi connectivity index (χ2v) is 8.55. The molecule has 2 amide bonds. The van der Waals surface area contributed by atoms with E-state index >= 15 is 0 Å². The smallest absolute Gasteiger partial charge is 0.257 e. The van der Waals surface area contributed by atoms with Crippen LogP contribution in [-0.2, 0) is 4.79 Å². The molecule has 6 heteroatoms. The van der Waals surface area contributed by atoms with Crippen molar-refractivity contribution in [3.63, 3.8) is 0 Å². The van der Waals surface area contributed by atoms with Gasteiger partial charge in [-0.15, -0.1) is 0 Å². The monoisotopic (exact) mass is 454 g/mol. The van der Waals surface area contributed by atoms with Crippen LogP contribution in [-0.4, -0.2) is 58.5 Å². The Morgan fingerprint density at radius 2 is 1.59 bits per heavy atom. The van der Waals surface area contributed by atoms with Crippen molar-refractivity contribution in [3.8, 4) is 11.8 Å². The summed E-state index contributed by atoms with van der Waals surface area (Å²) in [6, 6.07) is 22.7. The number of nitrogens with zero attached hydrogens (tertiary/aromatic N) is 2. The maximum atomic E-state index is 14.2. The third-order valence-electron chi connectivity index (χ3n) is 6.56. The number of carbonyl (C=O) groups is 2. The van der Waals surface area contributed by atoms with E-state index in [-0.39, 0.29) is 49.2 Å². The quantitative estimate of drug-likeness (QED) is 0.619. The van der Waals surface area contributed by atoms with Crippen molar-refractivity contribution in [2.45, 2.75) is 18.0 Å².